The molecular formula is C14H30N2O. The third kappa shape index (κ3) is 3.94. The lowest BCUT2D eigenvalue weighted by molar-refractivity contribution is 0.0687. The zero-order valence-corrected chi connectivity index (χ0v) is 12.0. The van der Waals surface area contributed by atoms with Gasteiger partial charge in [-0.3, -0.25) is 4.90 Å². The average Bonchev–Trinajstić information content (AvgIpc) is 2.82. The minimum atomic E-state index is 0.708. The number of nitrogens with zero attached hydrogens (tertiary/aromatic N) is 1. The van der Waals surface area contributed by atoms with E-state index in [4.69, 9.17) is 4.74 Å². The van der Waals surface area contributed by atoms with Crippen LogP contribution in [-0.4, -0.2) is 50.3 Å². The van der Waals surface area contributed by atoms with Crippen LogP contribution in [0.4, 0.5) is 0 Å². The zero-order valence-electron chi connectivity index (χ0n) is 12.0. The predicted molar refractivity (Wildman–Crippen MR) is 73.4 cm³/mol. The molecule has 2 atom stereocenters. The Bertz CT molecular complexity index is 195. The molecule has 0 aliphatic carbocycles. The third-order valence-corrected chi connectivity index (χ3v) is 4.22. The molecular weight excluding hydrogens is 212 g/mol. The summed E-state index contributed by atoms with van der Waals surface area (Å²) in [5.41, 5.74) is 0. The van der Waals surface area contributed by atoms with Gasteiger partial charge in [0.1, 0.15) is 0 Å². The van der Waals surface area contributed by atoms with E-state index in [0.717, 1.165) is 25.6 Å². The van der Waals surface area contributed by atoms with Gasteiger partial charge in [0.05, 0.1) is 6.61 Å². The number of hydrogen-bond donors (Lipinski definition) is 1. The molecule has 1 aliphatic heterocycles. The summed E-state index contributed by atoms with van der Waals surface area (Å²) in [5.74, 6) is 0.812. The molecule has 2 unspecified atom stereocenters. The normalized spacial score (nSPS) is 25.1. The van der Waals surface area contributed by atoms with Crippen molar-refractivity contribution in [3.63, 3.8) is 0 Å². The quantitative estimate of drug-likeness (QED) is 0.705. The van der Waals surface area contributed by atoms with Crippen molar-refractivity contribution in [3.05, 3.63) is 0 Å². The SMILES string of the molecule is CCC1CNCC1N(CCOC)C(CC)CC. The largest absolute Gasteiger partial charge is 0.383 e. The van der Waals surface area contributed by atoms with Gasteiger partial charge in [-0.15, -0.1) is 0 Å². The molecule has 0 aromatic heterocycles. The summed E-state index contributed by atoms with van der Waals surface area (Å²) in [7, 11) is 1.80. The maximum atomic E-state index is 5.28. The molecule has 1 heterocycles. The van der Waals surface area contributed by atoms with Crippen LogP contribution in [0.5, 0.6) is 0 Å². The molecule has 1 N–H and O–H groups in total. The zero-order chi connectivity index (χ0) is 12.7. The summed E-state index contributed by atoms with van der Waals surface area (Å²) in [6, 6.07) is 1.42. The van der Waals surface area contributed by atoms with Crippen LogP contribution in [0.25, 0.3) is 0 Å². The summed E-state index contributed by atoms with van der Waals surface area (Å²) in [5, 5.41) is 3.55. The molecule has 1 saturated heterocycles. The maximum Gasteiger partial charge on any atom is 0.0589 e. The van der Waals surface area contributed by atoms with Gasteiger partial charge < -0.3 is 10.1 Å². The highest BCUT2D eigenvalue weighted by molar-refractivity contribution is 4.90. The number of methoxy groups -OCH3 is 1. The van der Waals surface area contributed by atoms with Crippen LogP contribution >= 0.6 is 0 Å². The average molecular weight is 242 g/mol. The van der Waals surface area contributed by atoms with Gasteiger partial charge in [0.2, 0.25) is 0 Å². The van der Waals surface area contributed by atoms with E-state index >= 15 is 0 Å². The van der Waals surface area contributed by atoms with Crippen molar-refractivity contribution in [3.8, 4) is 0 Å². The Balaban J connectivity index is 2.66. The van der Waals surface area contributed by atoms with Crippen LogP contribution in [0.2, 0.25) is 0 Å². The van der Waals surface area contributed by atoms with Gasteiger partial charge in [0.15, 0.2) is 0 Å². The smallest absolute Gasteiger partial charge is 0.0589 e. The highest BCUT2D eigenvalue weighted by Crippen LogP contribution is 2.23. The van der Waals surface area contributed by atoms with Crippen molar-refractivity contribution >= 4 is 0 Å². The summed E-state index contributed by atoms with van der Waals surface area (Å²) < 4.78 is 5.28. The van der Waals surface area contributed by atoms with Crippen molar-refractivity contribution in [1.29, 1.82) is 0 Å². The highest BCUT2D eigenvalue weighted by atomic mass is 16.5. The first-order valence-corrected chi connectivity index (χ1v) is 7.23. The molecule has 0 bridgehead atoms. The molecule has 3 nitrogen and oxygen atoms in total. The van der Waals surface area contributed by atoms with Gasteiger partial charge >= 0.3 is 0 Å². The number of nitrogens with one attached hydrogen (secondary N) is 1. The van der Waals surface area contributed by atoms with Gasteiger partial charge in [-0.2, -0.15) is 0 Å². The lowest BCUT2D eigenvalue weighted by Crippen LogP contribution is -2.48. The van der Waals surface area contributed by atoms with Crippen LogP contribution in [-0.2, 0) is 4.74 Å². The fourth-order valence-electron chi connectivity index (χ4n) is 3.10. The van der Waals surface area contributed by atoms with Crippen molar-refractivity contribution < 1.29 is 4.74 Å². The van der Waals surface area contributed by atoms with E-state index in [1.54, 1.807) is 7.11 Å². The van der Waals surface area contributed by atoms with E-state index in [1.807, 2.05) is 0 Å². The molecule has 0 radical (unpaired) electrons. The Morgan fingerprint density at radius 1 is 1.24 bits per heavy atom. The predicted octanol–water partition coefficient (Wildman–Crippen LogP) is 2.12. The Hall–Kier alpha value is -0.120. The molecule has 0 amide bonds. The van der Waals surface area contributed by atoms with Crippen LogP contribution in [0.3, 0.4) is 0 Å². The van der Waals surface area contributed by atoms with Crippen molar-refractivity contribution in [1.82, 2.24) is 10.2 Å². The molecule has 3 heteroatoms. The Kier molecular flexibility index (Phi) is 7.09. The molecule has 1 fully saturated rings. The van der Waals surface area contributed by atoms with Crippen molar-refractivity contribution in [2.24, 2.45) is 5.92 Å². The Morgan fingerprint density at radius 2 is 1.94 bits per heavy atom. The minimum Gasteiger partial charge on any atom is -0.383 e. The van der Waals surface area contributed by atoms with Crippen LogP contribution in [0, 0.1) is 5.92 Å². The minimum absolute atomic E-state index is 0.708. The number of ether oxygens (including phenoxy) is 1. The van der Waals surface area contributed by atoms with E-state index in [1.165, 1.54) is 25.8 Å². The Morgan fingerprint density at radius 3 is 2.47 bits per heavy atom. The molecule has 1 aliphatic rings. The molecule has 17 heavy (non-hydrogen) atoms. The van der Waals surface area contributed by atoms with Crippen LogP contribution in [0.15, 0.2) is 0 Å². The second-order valence-corrected chi connectivity index (χ2v) is 5.09. The molecule has 0 spiro atoms. The van der Waals surface area contributed by atoms with Crippen LogP contribution < -0.4 is 5.32 Å². The number of hydrogen-bond acceptors (Lipinski definition) is 3. The topological polar surface area (TPSA) is 24.5 Å². The lowest BCUT2D eigenvalue weighted by Gasteiger charge is -2.38. The first kappa shape index (κ1) is 14.9. The molecule has 102 valence electrons. The first-order chi connectivity index (χ1) is 8.28. The fraction of sp³-hybridized carbons (Fsp3) is 1.00. The van der Waals surface area contributed by atoms with Crippen LogP contribution in [0.1, 0.15) is 40.0 Å². The molecule has 0 saturated carbocycles. The summed E-state index contributed by atoms with van der Waals surface area (Å²) in [6.07, 6.45) is 3.77. The second-order valence-electron chi connectivity index (χ2n) is 5.09. The molecule has 0 aromatic carbocycles. The van der Waals surface area contributed by atoms with Gasteiger partial charge in [-0.1, -0.05) is 27.2 Å². The summed E-state index contributed by atoms with van der Waals surface area (Å²) in [6.45, 7) is 11.2. The van der Waals surface area contributed by atoms with E-state index < -0.39 is 0 Å². The summed E-state index contributed by atoms with van der Waals surface area (Å²) in [4.78, 5) is 2.69. The van der Waals surface area contributed by atoms with Gasteiger partial charge in [0.25, 0.3) is 0 Å². The molecule has 1 rings (SSSR count). The second kappa shape index (κ2) is 8.06. The van der Waals surface area contributed by atoms with E-state index in [9.17, 15) is 0 Å². The number of rotatable bonds is 8. The molecule has 0 aromatic rings. The third-order valence-electron chi connectivity index (χ3n) is 4.22. The summed E-state index contributed by atoms with van der Waals surface area (Å²) >= 11 is 0. The highest BCUT2D eigenvalue weighted by Gasteiger charge is 2.33. The van der Waals surface area contributed by atoms with Gasteiger partial charge in [-0.25, -0.2) is 0 Å². The first-order valence-electron chi connectivity index (χ1n) is 7.23. The van der Waals surface area contributed by atoms with Crippen molar-refractivity contribution in [2.75, 3.05) is 33.4 Å². The monoisotopic (exact) mass is 242 g/mol. The Labute approximate surface area is 107 Å². The van der Waals surface area contributed by atoms with Gasteiger partial charge in [0, 0.05) is 32.3 Å². The van der Waals surface area contributed by atoms with E-state index in [-0.39, 0.29) is 0 Å². The van der Waals surface area contributed by atoms with E-state index in [0.29, 0.717) is 12.1 Å². The van der Waals surface area contributed by atoms with Crippen molar-refractivity contribution in [2.45, 2.75) is 52.1 Å². The fourth-order valence-corrected chi connectivity index (χ4v) is 3.10. The maximum absolute atomic E-state index is 5.28. The van der Waals surface area contributed by atoms with E-state index in [2.05, 4.69) is 31.0 Å². The lowest BCUT2D eigenvalue weighted by atomic mass is 9.96. The standard InChI is InChI=1S/C14H30N2O/c1-5-12-10-15-11-14(12)16(8-9-17-4)13(6-2)7-3/h12-15H,5-11H2,1-4H3. The van der Waals surface area contributed by atoms with Gasteiger partial charge in [-0.05, 0) is 25.3 Å².